The normalized spacial score (nSPS) is 23.9. The van der Waals surface area contributed by atoms with Crippen LogP contribution in [0.2, 0.25) is 0 Å². The van der Waals surface area contributed by atoms with Gasteiger partial charge in [0.2, 0.25) is 0 Å². The summed E-state index contributed by atoms with van der Waals surface area (Å²) in [5.41, 5.74) is 2.87. The van der Waals surface area contributed by atoms with Gasteiger partial charge in [0.15, 0.2) is 0 Å². The molecule has 0 spiro atoms. The van der Waals surface area contributed by atoms with Crippen LogP contribution < -0.4 is 5.32 Å². The van der Waals surface area contributed by atoms with E-state index < -0.39 is 0 Å². The Morgan fingerprint density at radius 2 is 1.85 bits per heavy atom. The van der Waals surface area contributed by atoms with Crippen molar-refractivity contribution in [2.24, 2.45) is 11.8 Å². The van der Waals surface area contributed by atoms with Crippen LogP contribution in [-0.4, -0.2) is 24.5 Å². The molecule has 2 heteroatoms. The highest BCUT2D eigenvalue weighted by molar-refractivity contribution is 5.23. The second-order valence-electron chi connectivity index (χ2n) is 6.64. The molecule has 0 amide bonds. The summed E-state index contributed by atoms with van der Waals surface area (Å²) in [5, 5.41) is 3.48. The molecule has 112 valence electrons. The molecule has 0 saturated carbocycles. The number of rotatable bonds is 6. The number of nitrogens with zero attached hydrogens (tertiary/aromatic N) is 1. The van der Waals surface area contributed by atoms with Crippen molar-refractivity contribution in [3.8, 4) is 0 Å². The van der Waals surface area contributed by atoms with Crippen LogP contribution >= 0.6 is 0 Å². The topological polar surface area (TPSA) is 15.3 Å². The third-order valence-corrected chi connectivity index (χ3v) is 4.10. The van der Waals surface area contributed by atoms with Crippen molar-refractivity contribution in [1.82, 2.24) is 10.2 Å². The maximum Gasteiger partial charge on any atom is 0.0234 e. The number of nitrogens with one attached hydrogen (secondary N) is 1. The Hall–Kier alpha value is -0.860. The molecule has 20 heavy (non-hydrogen) atoms. The van der Waals surface area contributed by atoms with E-state index in [2.05, 4.69) is 55.3 Å². The summed E-state index contributed by atoms with van der Waals surface area (Å²) in [6.45, 7) is 12.7. The molecular formula is C18H30N2. The van der Waals surface area contributed by atoms with Crippen molar-refractivity contribution in [3.05, 3.63) is 35.4 Å². The lowest BCUT2D eigenvalue weighted by molar-refractivity contribution is 0.134. The van der Waals surface area contributed by atoms with Gasteiger partial charge >= 0.3 is 0 Å². The third kappa shape index (κ3) is 4.92. The first kappa shape index (κ1) is 15.5. The number of hydrogen-bond acceptors (Lipinski definition) is 2. The smallest absolute Gasteiger partial charge is 0.0234 e. The largest absolute Gasteiger partial charge is 0.313 e. The van der Waals surface area contributed by atoms with Gasteiger partial charge in [0.05, 0.1) is 0 Å². The van der Waals surface area contributed by atoms with Crippen molar-refractivity contribution in [3.63, 3.8) is 0 Å². The molecule has 0 aromatic heterocycles. The van der Waals surface area contributed by atoms with E-state index in [4.69, 9.17) is 0 Å². The van der Waals surface area contributed by atoms with Crippen LogP contribution in [0.4, 0.5) is 0 Å². The van der Waals surface area contributed by atoms with Crippen LogP contribution in [0.3, 0.4) is 0 Å². The Balaban J connectivity index is 1.90. The molecular weight excluding hydrogens is 244 g/mol. The van der Waals surface area contributed by atoms with E-state index in [0.29, 0.717) is 0 Å². The Kier molecular flexibility index (Phi) is 6.06. The van der Waals surface area contributed by atoms with Crippen LogP contribution in [0.5, 0.6) is 0 Å². The summed E-state index contributed by atoms with van der Waals surface area (Å²) >= 11 is 0. The standard InChI is InChI=1S/C18H30N2/c1-4-8-19-11-17-6-5-7-18(10-17)14-20-12-15(2)9-16(3)13-20/h5-7,10,15-16,19H,4,8-9,11-14H2,1-3H3. The van der Waals surface area contributed by atoms with Crippen LogP contribution in [0, 0.1) is 11.8 Å². The van der Waals surface area contributed by atoms with Gasteiger partial charge in [-0.05, 0) is 42.3 Å². The molecule has 1 aliphatic heterocycles. The predicted molar refractivity (Wildman–Crippen MR) is 86.7 cm³/mol. The summed E-state index contributed by atoms with van der Waals surface area (Å²) in [7, 11) is 0. The molecule has 1 aromatic rings. The SMILES string of the molecule is CCCNCc1cccc(CN2CC(C)CC(C)C2)c1. The second-order valence-corrected chi connectivity index (χ2v) is 6.64. The van der Waals surface area contributed by atoms with Gasteiger partial charge < -0.3 is 5.32 Å². The average Bonchev–Trinajstić information content (AvgIpc) is 2.38. The highest BCUT2D eigenvalue weighted by Crippen LogP contribution is 2.22. The Morgan fingerprint density at radius 3 is 2.55 bits per heavy atom. The molecule has 2 atom stereocenters. The Labute approximate surface area is 124 Å². The van der Waals surface area contributed by atoms with E-state index in [1.807, 2.05) is 0 Å². The molecule has 0 radical (unpaired) electrons. The van der Waals surface area contributed by atoms with E-state index in [-0.39, 0.29) is 0 Å². The quantitative estimate of drug-likeness (QED) is 0.796. The van der Waals surface area contributed by atoms with Crippen LogP contribution in [-0.2, 0) is 13.1 Å². The summed E-state index contributed by atoms with van der Waals surface area (Å²) in [5.74, 6) is 1.68. The summed E-state index contributed by atoms with van der Waals surface area (Å²) in [4.78, 5) is 2.62. The molecule has 1 aliphatic rings. The zero-order valence-electron chi connectivity index (χ0n) is 13.4. The Bertz CT molecular complexity index is 392. The van der Waals surface area contributed by atoms with Crippen molar-refractivity contribution in [1.29, 1.82) is 0 Å². The molecule has 2 unspecified atom stereocenters. The maximum atomic E-state index is 3.48. The lowest BCUT2D eigenvalue weighted by Crippen LogP contribution is -2.38. The first-order chi connectivity index (χ1) is 9.67. The fourth-order valence-corrected chi connectivity index (χ4v) is 3.43. The van der Waals surface area contributed by atoms with Crippen LogP contribution in [0.15, 0.2) is 24.3 Å². The molecule has 1 heterocycles. The Morgan fingerprint density at radius 1 is 1.15 bits per heavy atom. The summed E-state index contributed by atoms with van der Waals surface area (Å²) in [6.07, 6.45) is 2.58. The molecule has 1 aromatic carbocycles. The van der Waals surface area contributed by atoms with Crippen molar-refractivity contribution in [2.45, 2.75) is 46.7 Å². The molecule has 0 bridgehead atoms. The van der Waals surface area contributed by atoms with Crippen LogP contribution in [0.25, 0.3) is 0 Å². The molecule has 0 aliphatic carbocycles. The minimum atomic E-state index is 0.841. The molecule has 1 fully saturated rings. The van der Waals surface area contributed by atoms with Crippen molar-refractivity contribution >= 4 is 0 Å². The fourth-order valence-electron chi connectivity index (χ4n) is 3.43. The number of hydrogen-bond donors (Lipinski definition) is 1. The zero-order valence-corrected chi connectivity index (χ0v) is 13.4. The third-order valence-electron chi connectivity index (χ3n) is 4.10. The minimum absolute atomic E-state index is 0.841. The van der Waals surface area contributed by atoms with Crippen molar-refractivity contribution in [2.75, 3.05) is 19.6 Å². The van der Waals surface area contributed by atoms with Crippen LogP contribution in [0.1, 0.15) is 44.7 Å². The number of likely N-dealkylation sites (tertiary alicyclic amines) is 1. The van der Waals surface area contributed by atoms with Gasteiger partial charge in [-0.3, -0.25) is 4.90 Å². The molecule has 2 rings (SSSR count). The first-order valence-corrected chi connectivity index (χ1v) is 8.18. The highest BCUT2D eigenvalue weighted by atomic mass is 15.1. The van der Waals surface area contributed by atoms with Gasteiger partial charge in [-0.15, -0.1) is 0 Å². The van der Waals surface area contributed by atoms with Gasteiger partial charge in [0, 0.05) is 26.2 Å². The average molecular weight is 274 g/mol. The van der Waals surface area contributed by atoms with Gasteiger partial charge in [-0.25, -0.2) is 0 Å². The highest BCUT2D eigenvalue weighted by Gasteiger charge is 2.21. The zero-order chi connectivity index (χ0) is 14.4. The van der Waals surface area contributed by atoms with E-state index in [0.717, 1.165) is 31.5 Å². The molecule has 2 nitrogen and oxygen atoms in total. The lowest BCUT2D eigenvalue weighted by Gasteiger charge is -2.35. The van der Waals surface area contributed by atoms with Crippen molar-refractivity contribution < 1.29 is 0 Å². The van der Waals surface area contributed by atoms with E-state index in [9.17, 15) is 0 Å². The monoisotopic (exact) mass is 274 g/mol. The van der Waals surface area contributed by atoms with E-state index in [1.54, 1.807) is 0 Å². The lowest BCUT2D eigenvalue weighted by atomic mass is 9.91. The molecule has 1 N–H and O–H groups in total. The summed E-state index contributed by atoms with van der Waals surface area (Å²) < 4.78 is 0. The van der Waals surface area contributed by atoms with Gasteiger partial charge in [0.1, 0.15) is 0 Å². The van der Waals surface area contributed by atoms with E-state index >= 15 is 0 Å². The maximum absolute atomic E-state index is 3.48. The molecule has 1 saturated heterocycles. The van der Waals surface area contributed by atoms with Gasteiger partial charge in [0.25, 0.3) is 0 Å². The first-order valence-electron chi connectivity index (χ1n) is 8.18. The summed E-state index contributed by atoms with van der Waals surface area (Å²) in [6, 6.07) is 9.07. The van der Waals surface area contributed by atoms with Gasteiger partial charge in [-0.2, -0.15) is 0 Å². The predicted octanol–water partition coefficient (Wildman–Crippen LogP) is 3.66. The van der Waals surface area contributed by atoms with E-state index in [1.165, 1.54) is 37.1 Å². The number of benzene rings is 1. The minimum Gasteiger partial charge on any atom is -0.313 e. The van der Waals surface area contributed by atoms with Gasteiger partial charge in [-0.1, -0.05) is 45.0 Å². The second kappa shape index (κ2) is 7.80. The fraction of sp³-hybridized carbons (Fsp3) is 0.667. The number of piperidine rings is 1.